The third-order valence-corrected chi connectivity index (χ3v) is 3.54. The van der Waals surface area contributed by atoms with E-state index in [0.29, 0.717) is 12.0 Å². The lowest BCUT2D eigenvalue weighted by Crippen LogP contribution is -2.36. The number of ether oxygens (including phenoxy) is 2. The van der Waals surface area contributed by atoms with Gasteiger partial charge < -0.3 is 9.47 Å². The molecule has 2 nitrogen and oxygen atoms in total. The maximum Gasteiger partial charge on any atom is 0.168 e. The van der Waals surface area contributed by atoms with Gasteiger partial charge in [0.25, 0.3) is 0 Å². The molecule has 0 radical (unpaired) electrons. The van der Waals surface area contributed by atoms with E-state index in [-0.39, 0.29) is 24.1 Å². The summed E-state index contributed by atoms with van der Waals surface area (Å²) in [6.07, 6.45) is 3.01. The molecule has 0 aromatic heterocycles. The molecule has 1 aromatic carbocycles. The van der Waals surface area contributed by atoms with E-state index in [9.17, 15) is 8.78 Å². The van der Waals surface area contributed by atoms with E-state index in [1.54, 1.807) is 0 Å². The van der Waals surface area contributed by atoms with Crippen LogP contribution in [0.3, 0.4) is 0 Å². The summed E-state index contributed by atoms with van der Waals surface area (Å²) < 4.78 is 38.8. The second-order valence-electron chi connectivity index (χ2n) is 5.59. The van der Waals surface area contributed by atoms with Gasteiger partial charge in [0.05, 0.1) is 12.2 Å². The first-order valence-corrected chi connectivity index (χ1v) is 8.29. The first-order chi connectivity index (χ1) is 10.5. The van der Waals surface area contributed by atoms with Crippen LogP contribution < -0.4 is 4.74 Å². The summed E-state index contributed by atoms with van der Waals surface area (Å²) in [4.78, 5) is 0. The van der Waals surface area contributed by atoms with E-state index < -0.39 is 11.6 Å². The number of benzene rings is 1. The average molecular weight is 314 g/mol. The minimum absolute atomic E-state index is 0.0793. The highest BCUT2D eigenvalue weighted by molar-refractivity contribution is 5.36. The highest BCUT2D eigenvalue weighted by atomic mass is 19.1. The van der Waals surface area contributed by atoms with E-state index in [2.05, 4.69) is 0 Å². The minimum atomic E-state index is -0.611. The van der Waals surface area contributed by atoms with E-state index in [1.807, 2.05) is 34.6 Å². The van der Waals surface area contributed by atoms with E-state index in [0.717, 1.165) is 25.3 Å². The molecule has 1 aromatic rings. The molecule has 22 heavy (non-hydrogen) atoms. The van der Waals surface area contributed by atoms with Gasteiger partial charge in [-0.2, -0.15) is 0 Å². The molecule has 1 aliphatic heterocycles. The van der Waals surface area contributed by atoms with Gasteiger partial charge in [-0.25, -0.2) is 8.78 Å². The van der Waals surface area contributed by atoms with Gasteiger partial charge in [0, 0.05) is 24.5 Å². The molecule has 4 heteroatoms. The summed E-state index contributed by atoms with van der Waals surface area (Å²) in [5, 5.41) is 0. The Labute approximate surface area is 132 Å². The largest absolute Gasteiger partial charge is 0.487 e. The Balaban J connectivity index is 0.00000116. The van der Waals surface area contributed by atoms with Crippen LogP contribution in [-0.2, 0) is 11.2 Å². The molecule has 2 rings (SSSR count). The fourth-order valence-electron chi connectivity index (χ4n) is 2.81. The van der Waals surface area contributed by atoms with Gasteiger partial charge in [-0.15, -0.1) is 0 Å². The fourth-order valence-corrected chi connectivity index (χ4v) is 2.81. The molecule has 126 valence electrons. The Morgan fingerprint density at radius 1 is 1.14 bits per heavy atom. The standard InChI is InChI=1S/C16H22F2O2.C2H6/c1-4-5-12-8-13(17)9-15(18)16(12)20-14-6-10(2)19-11(3)7-14;1-2/h8-11,14H,4-7H2,1-3H3;1-2H3. The summed E-state index contributed by atoms with van der Waals surface area (Å²) in [6, 6.07) is 2.26. The molecule has 0 aliphatic carbocycles. The molecule has 0 N–H and O–H groups in total. The maximum atomic E-state index is 14.0. The molecule has 0 bridgehead atoms. The highest BCUT2D eigenvalue weighted by Crippen LogP contribution is 2.30. The van der Waals surface area contributed by atoms with Crippen LogP contribution in [0.25, 0.3) is 0 Å². The number of hydrogen-bond donors (Lipinski definition) is 0. The predicted octanol–water partition coefficient (Wildman–Crippen LogP) is 5.28. The van der Waals surface area contributed by atoms with Gasteiger partial charge >= 0.3 is 0 Å². The van der Waals surface area contributed by atoms with Crippen molar-refractivity contribution in [3.63, 3.8) is 0 Å². The SMILES string of the molecule is CC.CCCc1cc(F)cc(F)c1OC1CC(C)OC(C)C1. The number of halogens is 2. The summed E-state index contributed by atoms with van der Waals surface area (Å²) in [7, 11) is 0. The summed E-state index contributed by atoms with van der Waals surface area (Å²) in [5.41, 5.74) is 0.608. The zero-order chi connectivity index (χ0) is 16.7. The van der Waals surface area contributed by atoms with Crippen molar-refractivity contribution in [2.45, 2.75) is 78.6 Å². The lowest BCUT2D eigenvalue weighted by atomic mass is 10.0. The average Bonchev–Trinajstić information content (AvgIpc) is 2.44. The van der Waals surface area contributed by atoms with Crippen LogP contribution in [0.2, 0.25) is 0 Å². The molecule has 1 saturated heterocycles. The zero-order valence-electron chi connectivity index (χ0n) is 14.3. The van der Waals surface area contributed by atoms with Crippen molar-refractivity contribution < 1.29 is 18.3 Å². The molecular weight excluding hydrogens is 286 g/mol. The minimum Gasteiger partial charge on any atom is -0.487 e. The topological polar surface area (TPSA) is 18.5 Å². The van der Waals surface area contributed by atoms with E-state index >= 15 is 0 Å². The maximum absolute atomic E-state index is 14.0. The normalized spacial score (nSPS) is 24.4. The zero-order valence-corrected chi connectivity index (χ0v) is 14.3. The monoisotopic (exact) mass is 314 g/mol. The second-order valence-corrected chi connectivity index (χ2v) is 5.59. The van der Waals surface area contributed by atoms with Crippen LogP contribution in [0.15, 0.2) is 12.1 Å². The van der Waals surface area contributed by atoms with Crippen LogP contribution in [0.5, 0.6) is 5.75 Å². The Bertz CT molecular complexity index is 453. The quantitative estimate of drug-likeness (QED) is 0.753. The van der Waals surface area contributed by atoms with Gasteiger partial charge in [-0.05, 0) is 26.3 Å². The van der Waals surface area contributed by atoms with Crippen molar-refractivity contribution in [3.05, 3.63) is 29.3 Å². The summed E-state index contributed by atoms with van der Waals surface area (Å²) in [6.45, 7) is 9.95. The van der Waals surface area contributed by atoms with Crippen LogP contribution in [-0.4, -0.2) is 18.3 Å². The lowest BCUT2D eigenvalue weighted by molar-refractivity contribution is -0.0729. The number of hydrogen-bond acceptors (Lipinski definition) is 2. The lowest BCUT2D eigenvalue weighted by Gasteiger charge is -2.32. The molecule has 0 amide bonds. The van der Waals surface area contributed by atoms with Crippen molar-refractivity contribution in [1.82, 2.24) is 0 Å². The van der Waals surface area contributed by atoms with Crippen molar-refractivity contribution >= 4 is 0 Å². The van der Waals surface area contributed by atoms with Crippen LogP contribution in [0, 0.1) is 11.6 Å². The van der Waals surface area contributed by atoms with E-state index in [4.69, 9.17) is 9.47 Å². The molecule has 0 spiro atoms. The molecule has 1 aliphatic rings. The Hall–Kier alpha value is -1.16. The Morgan fingerprint density at radius 3 is 2.27 bits per heavy atom. The highest BCUT2D eigenvalue weighted by Gasteiger charge is 2.27. The summed E-state index contributed by atoms with van der Waals surface area (Å²) in [5.74, 6) is -0.952. The molecule has 0 saturated carbocycles. The fraction of sp³-hybridized carbons (Fsp3) is 0.667. The molecular formula is C18H28F2O2. The first kappa shape index (κ1) is 18.9. The van der Waals surface area contributed by atoms with E-state index in [1.165, 1.54) is 6.07 Å². The van der Waals surface area contributed by atoms with Crippen molar-refractivity contribution in [3.8, 4) is 5.75 Å². The van der Waals surface area contributed by atoms with Crippen LogP contribution in [0.1, 0.15) is 59.4 Å². The second kappa shape index (κ2) is 9.09. The van der Waals surface area contributed by atoms with Gasteiger partial charge in [0.1, 0.15) is 11.9 Å². The van der Waals surface area contributed by atoms with Gasteiger partial charge in [0.2, 0.25) is 0 Å². The van der Waals surface area contributed by atoms with Gasteiger partial charge in [-0.3, -0.25) is 0 Å². The number of aryl methyl sites for hydroxylation is 1. The molecule has 2 atom stereocenters. The smallest absolute Gasteiger partial charge is 0.168 e. The molecule has 1 fully saturated rings. The van der Waals surface area contributed by atoms with Crippen molar-refractivity contribution in [1.29, 1.82) is 0 Å². The van der Waals surface area contributed by atoms with Crippen LogP contribution >= 0.6 is 0 Å². The Kier molecular flexibility index (Phi) is 7.80. The summed E-state index contributed by atoms with van der Waals surface area (Å²) >= 11 is 0. The number of rotatable bonds is 4. The van der Waals surface area contributed by atoms with Crippen LogP contribution in [0.4, 0.5) is 8.78 Å². The van der Waals surface area contributed by atoms with Gasteiger partial charge in [-0.1, -0.05) is 27.2 Å². The first-order valence-electron chi connectivity index (χ1n) is 8.29. The third-order valence-electron chi connectivity index (χ3n) is 3.54. The Morgan fingerprint density at radius 2 is 1.73 bits per heavy atom. The molecule has 1 heterocycles. The van der Waals surface area contributed by atoms with Gasteiger partial charge in [0.15, 0.2) is 11.6 Å². The predicted molar refractivity (Wildman–Crippen MR) is 85.4 cm³/mol. The van der Waals surface area contributed by atoms with Crippen molar-refractivity contribution in [2.24, 2.45) is 0 Å². The molecule has 2 unspecified atom stereocenters. The third kappa shape index (κ3) is 5.24. The van der Waals surface area contributed by atoms with Crippen molar-refractivity contribution in [2.75, 3.05) is 0 Å².